The number of nitrogens with zero attached hydrogens (tertiary/aromatic N) is 1. The number of benzene rings is 1. The van der Waals surface area contributed by atoms with E-state index >= 15 is 0 Å². The van der Waals surface area contributed by atoms with Crippen molar-refractivity contribution in [2.45, 2.75) is 45.3 Å². The predicted octanol–water partition coefficient (Wildman–Crippen LogP) is 4.67. The normalized spacial score (nSPS) is 23.7. The molecule has 2 aliphatic rings. The first-order chi connectivity index (χ1) is 15.4. The molecule has 32 heavy (non-hydrogen) atoms. The number of carbonyl (C=O) groups is 1. The number of rotatable bonds is 10. The first-order valence-electron chi connectivity index (χ1n) is 11.3. The van der Waals surface area contributed by atoms with Crippen LogP contribution in [0.15, 0.2) is 41.5 Å². The number of halogens is 2. The Bertz CT molecular complexity index is 856. The number of methoxy groups -OCH3 is 1. The highest BCUT2D eigenvalue weighted by molar-refractivity contribution is 6.42. The van der Waals surface area contributed by atoms with E-state index in [0.717, 1.165) is 31.5 Å². The molecule has 7 heteroatoms. The Hall–Kier alpha value is -1.37. The highest BCUT2D eigenvalue weighted by Gasteiger charge is 2.28. The third-order valence-corrected chi connectivity index (χ3v) is 7.26. The maximum atomic E-state index is 12.5. The minimum atomic E-state index is 0.00729. The lowest BCUT2D eigenvalue weighted by Gasteiger charge is -2.31. The van der Waals surface area contributed by atoms with E-state index in [2.05, 4.69) is 36.2 Å². The van der Waals surface area contributed by atoms with E-state index < -0.39 is 0 Å². The van der Waals surface area contributed by atoms with Gasteiger partial charge in [0.05, 0.1) is 35.8 Å². The van der Waals surface area contributed by atoms with Gasteiger partial charge in [-0.2, -0.15) is 0 Å². The Labute approximate surface area is 201 Å². The van der Waals surface area contributed by atoms with Crippen LogP contribution in [-0.4, -0.2) is 62.9 Å². The summed E-state index contributed by atoms with van der Waals surface area (Å²) < 4.78 is 11.0. The van der Waals surface area contributed by atoms with Gasteiger partial charge < -0.3 is 14.8 Å². The molecule has 176 valence electrons. The standard InChI is InChI=1S/C25H34Cl2N2O3/c1-17-18(2)24(32-12-11-31-3)9-7-20(17)16-29-10-4-5-21(29)15-28-25(30)14-19-6-8-22(26)23(27)13-19/h6-9,13,18,21,24H,4-5,10-12,14-16H2,1-3H3,(H,28,30)/t18?,21-,24?/m0/s1. The molecule has 1 fully saturated rings. The Balaban J connectivity index is 1.50. The fraction of sp³-hybridized carbons (Fsp3) is 0.560. The van der Waals surface area contributed by atoms with E-state index in [0.29, 0.717) is 48.2 Å². The molecule has 2 unspecified atom stereocenters. The molecule has 1 N–H and O–H groups in total. The number of hydrogen-bond acceptors (Lipinski definition) is 4. The molecule has 0 bridgehead atoms. The zero-order valence-corrected chi connectivity index (χ0v) is 20.7. The first-order valence-corrected chi connectivity index (χ1v) is 12.1. The molecular weight excluding hydrogens is 447 g/mol. The van der Waals surface area contributed by atoms with Gasteiger partial charge in [-0.3, -0.25) is 9.69 Å². The highest BCUT2D eigenvalue weighted by Crippen LogP contribution is 2.29. The fourth-order valence-corrected chi connectivity index (χ4v) is 4.70. The topological polar surface area (TPSA) is 50.8 Å². The summed E-state index contributed by atoms with van der Waals surface area (Å²) >= 11 is 12.0. The summed E-state index contributed by atoms with van der Waals surface area (Å²) in [6.07, 6.45) is 7.04. The van der Waals surface area contributed by atoms with Crippen molar-refractivity contribution in [3.8, 4) is 0 Å². The SMILES string of the molecule is COCCOC1C=CC(CN2CCC[C@H]2CNC(=O)Cc2ccc(Cl)c(Cl)c2)=C(C)C1C. The van der Waals surface area contributed by atoms with E-state index in [4.69, 9.17) is 32.7 Å². The third kappa shape index (κ3) is 6.82. The van der Waals surface area contributed by atoms with E-state index in [1.807, 2.05) is 6.07 Å². The van der Waals surface area contributed by atoms with Gasteiger partial charge in [-0.1, -0.05) is 53.9 Å². The lowest BCUT2D eigenvalue weighted by atomic mass is 9.87. The molecule has 5 nitrogen and oxygen atoms in total. The average molecular weight is 481 g/mol. The zero-order chi connectivity index (χ0) is 23.1. The van der Waals surface area contributed by atoms with Crippen LogP contribution in [0.3, 0.4) is 0 Å². The maximum absolute atomic E-state index is 12.5. The van der Waals surface area contributed by atoms with Gasteiger partial charge in [-0.25, -0.2) is 0 Å². The summed E-state index contributed by atoms with van der Waals surface area (Å²) in [5, 5.41) is 4.08. The van der Waals surface area contributed by atoms with Crippen molar-refractivity contribution in [3.63, 3.8) is 0 Å². The second kappa shape index (κ2) is 12.2. The molecule has 1 saturated heterocycles. The van der Waals surface area contributed by atoms with Gasteiger partial charge in [0.2, 0.25) is 5.91 Å². The second-order valence-electron chi connectivity index (χ2n) is 8.68. The number of hydrogen-bond donors (Lipinski definition) is 1. The van der Waals surface area contributed by atoms with Crippen molar-refractivity contribution in [1.82, 2.24) is 10.2 Å². The van der Waals surface area contributed by atoms with Crippen molar-refractivity contribution in [2.75, 3.05) is 40.0 Å². The lowest BCUT2D eigenvalue weighted by Crippen LogP contribution is -2.41. The quantitative estimate of drug-likeness (QED) is 0.494. The fourth-order valence-electron chi connectivity index (χ4n) is 4.38. The van der Waals surface area contributed by atoms with E-state index in [9.17, 15) is 4.79 Å². The highest BCUT2D eigenvalue weighted by atomic mass is 35.5. The van der Waals surface area contributed by atoms with E-state index in [1.54, 1.807) is 19.2 Å². The monoisotopic (exact) mass is 480 g/mol. The predicted molar refractivity (Wildman–Crippen MR) is 130 cm³/mol. The molecule has 3 rings (SSSR count). The molecule has 0 saturated carbocycles. The van der Waals surface area contributed by atoms with Gasteiger partial charge in [0.1, 0.15) is 0 Å². The minimum Gasteiger partial charge on any atom is -0.382 e. The Morgan fingerprint density at radius 3 is 2.81 bits per heavy atom. The van der Waals surface area contributed by atoms with Gasteiger partial charge in [-0.05, 0) is 49.6 Å². The molecule has 0 aromatic heterocycles. The second-order valence-corrected chi connectivity index (χ2v) is 9.49. The smallest absolute Gasteiger partial charge is 0.224 e. The number of nitrogens with one attached hydrogen (secondary N) is 1. The van der Waals surface area contributed by atoms with Gasteiger partial charge in [0, 0.05) is 32.2 Å². The minimum absolute atomic E-state index is 0.00729. The Kier molecular flexibility index (Phi) is 9.62. The molecule has 1 aliphatic heterocycles. The number of ether oxygens (including phenoxy) is 2. The van der Waals surface area contributed by atoms with Crippen molar-refractivity contribution in [3.05, 3.63) is 57.1 Å². The Morgan fingerprint density at radius 1 is 1.25 bits per heavy atom. The molecule has 0 spiro atoms. The van der Waals surface area contributed by atoms with Crippen molar-refractivity contribution in [2.24, 2.45) is 5.92 Å². The molecule has 1 aromatic carbocycles. The zero-order valence-electron chi connectivity index (χ0n) is 19.2. The molecule has 3 atom stereocenters. The van der Waals surface area contributed by atoms with Crippen LogP contribution in [0.1, 0.15) is 32.3 Å². The number of amides is 1. The largest absolute Gasteiger partial charge is 0.382 e. The molecule has 1 aliphatic carbocycles. The summed E-state index contributed by atoms with van der Waals surface area (Å²) in [7, 11) is 1.69. The first kappa shape index (κ1) is 25.3. The van der Waals surface area contributed by atoms with E-state index in [1.165, 1.54) is 11.1 Å². The summed E-state index contributed by atoms with van der Waals surface area (Å²) in [5.41, 5.74) is 3.60. The summed E-state index contributed by atoms with van der Waals surface area (Å²) in [5.74, 6) is 0.353. The van der Waals surface area contributed by atoms with Gasteiger partial charge in [-0.15, -0.1) is 0 Å². The van der Waals surface area contributed by atoms with Crippen molar-refractivity contribution in [1.29, 1.82) is 0 Å². The Morgan fingerprint density at radius 2 is 2.06 bits per heavy atom. The van der Waals surface area contributed by atoms with Crippen molar-refractivity contribution < 1.29 is 14.3 Å². The average Bonchev–Trinajstić information content (AvgIpc) is 3.21. The number of carbonyl (C=O) groups excluding carboxylic acids is 1. The van der Waals surface area contributed by atoms with Crippen LogP contribution < -0.4 is 5.32 Å². The van der Waals surface area contributed by atoms with Gasteiger partial charge in [0.15, 0.2) is 0 Å². The molecule has 0 radical (unpaired) electrons. The van der Waals surface area contributed by atoms with Crippen LogP contribution in [0.5, 0.6) is 0 Å². The lowest BCUT2D eigenvalue weighted by molar-refractivity contribution is -0.120. The molecular formula is C25H34Cl2N2O3. The third-order valence-electron chi connectivity index (χ3n) is 6.52. The summed E-state index contributed by atoms with van der Waals surface area (Å²) in [6.45, 7) is 8.27. The summed E-state index contributed by atoms with van der Waals surface area (Å²) in [4.78, 5) is 14.9. The summed E-state index contributed by atoms with van der Waals surface area (Å²) in [6, 6.07) is 5.68. The molecule has 1 heterocycles. The van der Waals surface area contributed by atoms with Gasteiger partial charge >= 0.3 is 0 Å². The van der Waals surface area contributed by atoms with Crippen LogP contribution in [0.4, 0.5) is 0 Å². The van der Waals surface area contributed by atoms with Crippen LogP contribution in [0, 0.1) is 5.92 Å². The van der Waals surface area contributed by atoms with Gasteiger partial charge in [0.25, 0.3) is 0 Å². The van der Waals surface area contributed by atoms with Crippen LogP contribution in [0.25, 0.3) is 0 Å². The van der Waals surface area contributed by atoms with Crippen LogP contribution in [0.2, 0.25) is 10.0 Å². The van der Waals surface area contributed by atoms with E-state index in [-0.39, 0.29) is 12.0 Å². The molecule has 1 aromatic rings. The van der Waals surface area contributed by atoms with Crippen LogP contribution in [-0.2, 0) is 20.7 Å². The van der Waals surface area contributed by atoms with Crippen LogP contribution >= 0.6 is 23.2 Å². The molecule has 1 amide bonds. The van der Waals surface area contributed by atoms with Crippen molar-refractivity contribution >= 4 is 29.1 Å². The number of likely N-dealkylation sites (tertiary alicyclic amines) is 1. The maximum Gasteiger partial charge on any atom is 0.224 e.